The van der Waals surface area contributed by atoms with Crippen LogP contribution in [0.15, 0.2) is 18.2 Å². The van der Waals surface area contributed by atoms with Crippen molar-refractivity contribution in [2.24, 2.45) is 0 Å². The third-order valence-corrected chi connectivity index (χ3v) is 3.08. The van der Waals surface area contributed by atoms with E-state index in [9.17, 15) is 14.3 Å². The highest BCUT2D eigenvalue weighted by Gasteiger charge is 2.32. The predicted molar refractivity (Wildman–Crippen MR) is 56.3 cm³/mol. The maximum Gasteiger partial charge on any atom is 0.338 e. The SMILES string of the molecule is O=C(O)C(F)C1CCCc2ccc(O)cc21. The third kappa shape index (κ3) is 1.87. The van der Waals surface area contributed by atoms with Gasteiger partial charge in [0.15, 0.2) is 0 Å². The molecule has 86 valence electrons. The molecule has 2 rings (SSSR count). The van der Waals surface area contributed by atoms with Crippen molar-refractivity contribution in [3.63, 3.8) is 0 Å². The van der Waals surface area contributed by atoms with E-state index in [0.717, 1.165) is 18.4 Å². The summed E-state index contributed by atoms with van der Waals surface area (Å²) in [4.78, 5) is 10.7. The van der Waals surface area contributed by atoms with Gasteiger partial charge in [0.1, 0.15) is 5.75 Å². The number of benzene rings is 1. The first kappa shape index (κ1) is 10.9. The smallest absolute Gasteiger partial charge is 0.338 e. The maximum absolute atomic E-state index is 13.5. The number of carbonyl (C=O) groups is 1. The molecule has 0 spiro atoms. The quantitative estimate of drug-likeness (QED) is 0.809. The molecule has 16 heavy (non-hydrogen) atoms. The zero-order valence-electron chi connectivity index (χ0n) is 8.69. The molecule has 0 amide bonds. The van der Waals surface area contributed by atoms with Crippen molar-refractivity contribution < 1.29 is 19.4 Å². The van der Waals surface area contributed by atoms with Crippen LogP contribution in [-0.2, 0) is 11.2 Å². The minimum absolute atomic E-state index is 0.0586. The van der Waals surface area contributed by atoms with Crippen LogP contribution in [0.4, 0.5) is 4.39 Å². The molecule has 1 aromatic rings. The molecule has 2 atom stereocenters. The lowest BCUT2D eigenvalue weighted by atomic mass is 9.80. The van der Waals surface area contributed by atoms with Crippen LogP contribution in [-0.4, -0.2) is 22.4 Å². The molecule has 0 aromatic heterocycles. The van der Waals surface area contributed by atoms with E-state index < -0.39 is 18.1 Å². The van der Waals surface area contributed by atoms with E-state index in [1.807, 2.05) is 0 Å². The molecule has 1 aliphatic carbocycles. The van der Waals surface area contributed by atoms with Gasteiger partial charge in [0.25, 0.3) is 0 Å². The van der Waals surface area contributed by atoms with E-state index in [1.54, 1.807) is 12.1 Å². The Hall–Kier alpha value is -1.58. The Labute approximate surface area is 92.5 Å². The molecule has 0 saturated carbocycles. The van der Waals surface area contributed by atoms with Gasteiger partial charge in [-0.1, -0.05) is 6.07 Å². The van der Waals surface area contributed by atoms with Crippen molar-refractivity contribution in [1.29, 1.82) is 0 Å². The van der Waals surface area contributed by atoms with E-state index in [0.29, 0.717) is 12.0 Å². The Morgan fingerprint density at radius 1 is 1.50 bits per heavy atom. The van der Waals surface area contributed by atoms with Crippen LogP contribution in [0.2, 0.25) is 0 Å². The van der Waals surface area contributed by atoms with Gasteiger partial charge >= 0.3 is 5.97 Å². The van der Waals surface area contributed by atoms with Crippen LogP contribution < -0.4 is 0 Å². The fraction of sp³-hybridized carbons (Fsp3) is 0.417. The van der Waals surface area contributed by atoms with Crippen molar-refractivity contribution in [2.45, 2.75) is 31.4 Å². The summed E-state index contributed by atoms with van der Waals surface area (Å²) in [5.74, 6) is -2.00. The Balaban J connectivity index is 2.38. The summed E-state index contributed by atoms with van der Waals surface area (Å²) >= 11 is 0. The number of hydrogen-bond donors (Lipinski definition) is 2. The van der Waals surface area contributed by atoms with Crippen LogP contribution in [0.5, 0.6) is 5.75 Å². The summed E-state index contributed by atoms with van der Waals surface area (Å²) in [5.41, 5.74) is 1.58. The lowest BCUT2D eigenvalue weighted by molar-refractivity contribution is -0.143. The van der Waals surface area contributed by atoms with E-state index in [1.165, 1.54) is 6.07 Å². The molecular formula is C12H13FO3. The number of phenols is 1. The number of phenolic OH excluding ortho intramolecular Hbond substituents is 1. The number of hydrogen-bond acceptors (Lipinski definition) is 2. The predicted octanol–water partition coefficient (Wildman–Crippen LogP) is 2.23. The second-order valence-electron chi connectivity index (χ2n) is 4.12. The largest absolute Gasteiger partial charge is 0.508 e. The van der Waals surface area contributed by atoms with Gasteiger partial charge in [-0.25, -0.2) is 9.18 Å². The average Bonchev–Trinajstić information content (AvgIpc) is 2.27. The summed E-state index contributed by atoms with van der Waals surface area (Å²) in [6.07, 6.45) is 0.235. The van der Waals surface area contributed by atoms with Gasteiger partial charge in [0.2, 0.25) is 6.17 Å². The molecule has 4 heteroatoms. The van der Waals surface area contributed by atoms with Gasteiger partial charge in [0, 0.05) is 5.92 Å². The van der Waals surface area contributed by atoms with Crippen LogP contribution in [0.3, 0.4) is 0 Å². The highest BCUT2D eigenvalue weighted by molar-refractivity contribution is 5.74. The van der Waals surface area contributed by atoms with Gasteiger partial charge in [-0.2, -0.15) is 0 Å². The number of alkyl halides is 1. The van der Waals surface area contributed by atoms with Gasteiger partial charge in [-0.3, -0.25) is 0 Å². The molecule has 0 aliphatic heterocycles. The van der Waals surface area contributed by atoms with E-state index in [4.69, 9.17) is 5.11 Å². The number of aliphatic carboxylic acids is 1. The zero-order chi connectivity index (χ0) is 11.7. The normalized spacial score (nSPS) is 21.2. The summed E-state index contributed by atoms with van der Waals surface area (Å²) in [6, 6.07) is 4.77. The molecule has 0 saturated heterocycles. The zero-order valence-corrected chi connectivity index (χ0v) is 8.69. The Morgan fingerprint density at radius 3 is 2.94 bits per heavy atom. The van der Waals surface area contributed by atoms with Crippen molar-refractivity contribution in [1.82, 2.24) is 0 Å². The number of rotatable bonds is 2. The number of aryl methyl sites for hydroxylation is 1. The fourth-order valence-corrected chi connectivity index (χ4v) is 2.30. The average molecular weight is 224 g/mol. The summed E-state index contributed by atoms with van der Waals surface area (Å²) in [5, 5.41) is 18.0. The van der Waals surface area contributed by atoms with Crippen LogP contribution in [0.25, 0.3) is 0 Å². The highest BCUT2D eigenvalue weighted by Crippen LogP contribution is 2.37. The van der Waals surface area contributed by atoms with Gasteiger partial charge in [-0.05, 0) is 42.5 Å². The molecule has 1 aromatic carbocycles. The second-order valence-corrected chi connectivity index (χ2v) is 4.12. The lowest BCUT2D eigenvalue weighted by Crippen LogP contribution is -2.26. The number of carboxylic acid groups (broad SMARTS) is 1. The van der Waals surface area contributed by atoms with Crippen molar-refractivity contribution in [2.75, 3.05) is 0 Å². The minimum atomic E-state index is -1.89. The molecule has 2 N–H and O–H groups in total. The first-order valence-electron chi connectivity index (χ1n) is 5.28. The van der Waals surface area contributed by atoms with Crippen LogP contribution in [0.1, 0.15) is 29.9 Å². The Morgan fingerprint density at radius 2 is 2.25 bits per heavy atom. The van der Waals surface area contributed by atoms with Crippen molar-refractivity contribution in [3.05, 3.63) is 29.3 Å². The maximum atomic E-state index is 13.5. The highest BCUT2D eigenvalue weighted by atomic mass is 19.1. The third-order valence-electron chi connectivity index (χ3n) is 3.08. The van der Waals surface area contributed by atoms with Crippen LogP contribution >= 0.6 is 0 Å². The Kier molecular flexibility index (Phi) is 2.81. The number of aromatic hydroxyl groups is 1. The molecular weight excluding hydrogens is 211 g/mol. The molecule has 2 unspecified atom stereocenters. The number of fused-ring (bicyclic) bond motifs is 1. The molecule has 0 fully saturated rings. The first-order chi connectivity index (χ1) is 7.59. The first-order valence-corrected chi connectivity index (χ1v) is 5.28. The summed E-state index contributed by atoms with van der Waals surface area (Å²) in [7, 11) is 0. The molecule has 0 radical (unpaired) electrons. The standard InChI is InChI=1S/C12H13FO3/c13-11(12(15)16)9-3-1-2-7-4-5-8(14)6-10(7)9/h4-6,9,11,14H,1-3H2,(H,15,16). The summed E-state index contributed by atoms with van der Waals surface area (Å²) in [6.45, 7) is 0. The monoisotopic (exact) mass is 224 g/mol. The second kappa shape index (κ2) is 4.12. The molecule has 3 nitrogen and oxygen atoms in total. The fourth-order valence-electron chi connectivity index (χ4n) is 2.30. The lowest BCUT2D eigenvalue weighted by Gasteiger charge is -2.26. The van der Waals surface area contributed by atoms with E-state index in [2.05, 4.69) is 0 Å². The topological polar surface area (TPSA) is 57.5 Å². The van der Waals surface area contributed by atoms with E-state index >= 15 is 0 Å². The molecule has 0 heterocycles. The van der Waals surface area contributed by atoms with Crippen molar-refractivity contribution in [3.8, 4) is 5.75 Å². The van der Waals surface area contributed by atoms with Crippen molar-refractivity contribution >= 4 is 5.97 Å². The van der Waals surface area contributed by atoms with E-state index in [-0.39, 0.29) is 5.75 Å². The van der Waals surface area contributed by atoms with Gasteiger partial charge < -0.3 is 10.2 Å². The molecule has 0 bridgehead atoms. The van der Waals surface area contributed by atoms with Gasteiger partial charge in [0.05, 0.1) is 0 Å². The Bertz CT molecular complexity index is 417. The minimum Gasteiger partial charge on any atom is -0.508 e. The molecule has 1 aliphatic rings. The van der Waals surface area contributed by atoms with Gasteiger partial charge in [-0.15, -0.1) is 0 Å². The van der Waals surface area contributed by atoms with Crippen LogP contribution in [0, 0.1) is 0 Å². The summed E-state index contributed by atoms with van der Waals surface area (Å²) < 4.78 is 13.5. The number of carboxylic acids is 1. The number of halogens is 1.